The van der Waals surface area contributed by atoms with Crippen molar-refractivity contribution in [1.29, 1.82) is 0 Å². The number of hydrogen-bond donors (Lipinski definition) is 0. The molecule has 0 fully saturated rings. The summed E-state index contributed by atoms with van der Waals surface area (Å²) in [7, 11) is 1.66. The summed E-state index contributed by atoms with van der Waals surface area (Å²) in [6.07, 6.45) is 0. The third-order valence-electron chi connectivity index (χ3n) is 1.14. The Balaban J connectivity index is 3.48. The molecule has 0 bridgehead atoms. The fourth-order valence-electron chi connectivity index (χ4n) is 0.397. The van der Waals surface area contributed by atoms with Crippen molar-refractivity contribution in [3.63, 3.8) is 0 Å². The molecule has 0 aromatic rings. The van der Waals surface area contributed by atoms with Crippen LogP contribution in [0.15, 0.2) is 5.11 Å². The minimum absolute atomic E-state index is 0.0202. The molecular weight excluding hydrogens is 132 g/mol. The minimum Gasteiger partial charge on any atom is -0.346 e. The fourth-order valence-corrected chi connectivity index (χ4v) is 0.397. The van der Waals surface area contributed by atoms with E-state index in [0.717, 1.165) is 0 Å². The molecule has 5 heteroatoms. The Hall–Kier alpha value is -1.22. The van der Waals surface area contributed by atoms with Crippen LogP contribution in [0.5, 0.6) is 0 Å². The minimum atomic E-state index is -0.0202. The Bertz CT molecular complexity index is 161. The first-order chi connectivity index (χ1) is 4.68. The van der Waals surface area contributed by atoms with Gasteiger partial charge in [-0.1, -0.05) is 5.11 Å². The molecule has 0 rings (SSSR count). The van der Waals surface area contributed by atoms with Gasteiger partial charge in [-0.2, -0.15) is 0 Å². The normalized spacial score (nSPS) is 8.20. The van der Waals surface area contributed by atoms with Crippen molar-refractivity contribution in [3.8, 4) is 0 Å². The summed E-state index contributed by atoms with van der Waals surface area (Å²) in [5, 5.41) is 3.28. The molecule has 0 saturated carbocycles. The predicted octanol–water partition coefficient (Wildman–Crippen LogP) is 0.775. The second-order valence-electron chi connectivity index (χ2n) is 1.90. The van der Waals surface area contributed by atoms with E-state index in [9.17, 15) is 4.79 Å². The molecular formula is C5H10N4O. The van der Waals surface area contributed by atoms with E-state index in [4.69, 9.17) is 5.53 Å². The monoisotopic (exact) mass is 142 g/mol. The molecule has 1 amide bonds. The van der Waals surface area contributed by atoms with Gasteiger partial charge in [0.2, 0.25) is 5.91 Å². The zero-order valence-electron chi connectivity index (χ0n) is 6.11. The second kappa shape index (κ2) is 4.64. The Morgan fingerprint density at radius 3 is 2.80 bits per heavy atom. The topological polar surface area (TPSA) is 69.1 Å². The largest absolute Gasteiger partial charge is 0.346 e. The van der Waals surface area contributed by atoms with Crippen molar-refractivity contribution in [1.82, 2.24) is 4.90 Å². The van der Waals surface area contributed by atoms with E-state index in [-0.39, 0.29) is 5.91 Å². The van der Waals surface area contributed by atoms with Crippen LogP contribution in [-0.2, 0) is 4.79 Å². The molecule has 0 spiro atoms. The number of rotatable bonds is 3. The van der Waals surface area contributed by atoms with Crippen molar-refractivity contribution in [2.75, 3.05) is 20.1 Å². The zero-order chi connectivity index (χ0) is 7.98. The van der Waals surface area contributed by atoms with Crippen molar-refractivity contribution in [3.05, 3.63) is 10.4 Å². The number of nitrogens with zero attached hydrogens (tertiary/aromatic N) is 4. The Labute approximate surface area is 59.3 Å². The van der Waals surface area contributed by atoms with Gasteiger partial charge in [-0.25, -0.2) is 0 Å². The molecule has 56 valence electrons. The lowest BCUT2D eigenvalue weighted by Crippen LogP contribution is -2.26. The summed E-state index contributed by atoms with van der Waals surface area (Å²) in [4.78, 5) is 14.6. The van der Waals surface area contributed by atoms with Gasteiger partial charge in [-0.15, -0.1) is 0 Å². The Morgan fingerprint density at radius 1 is 1.80 bits per heavy atom. The first-order valence-corrected chi connectivity index (χ1v) is 2.91. The number of carbonyl (C=O) groups excluding carboxylic acids is 1. The molecule has 0 N–H and O–H groups in total. The number of amides is 1. The zero-order valence-corrected chi connectivity index (χ0v) is 6.11. The van der Waals surface area contributed by atoms with E-state index < -0.39 is 0 Å². The SMILES string of the molecule is CC(=O)N(C)CCN=[N+]=[N-]. The number of likely N-dealkylation sites (N-methyl/N-ethyl adjacent to an activating group) is 1. The van der Waals surface area contributed by atoms with E-state index in [1.54, 1.807) is 7.05 Å². The molecule has 5 nitrogen and oxygen atoms in total. The average Bonchev–Trinajstić information content (AvgIpc) is 1.88. The summed E-state index contributed by atoms with van der Waals surface area (Å²) in [5.41, 5.74) is 7.87. The summed E-state index contributed by atoms with van der Waals surface area (Å²) in [5.74, 6) is -0.0202. The molecule has 10 heavy (non-hydrogen) atoms. The van der Waals surface area contributed by atoms with Gasteiger partial charge in [0, 0.05) is 32.0 Å². The predicted molar refractivity (Wildman–Crippen MR) is 37.3 cm³/mol. The van der Waals surface area contributed by atoms with Crippen LogP contribution in [0.4, 0.5) is 0 Å². The summed E-state index contributed by atoms with van der Waals surface area (Å²) >= 11 is 0. The van der Waals surface area contributed by atoms with Crippen LogP contribution in [0.25, 0.3) is 10.4 Å². The Kier molecular flexibility index (Phi) is 4.07. The molecule has 0 aliphatic carbocycles. The summed E-state index contributed by atoms with van der Waals surface area (Å²) < 4.78 is 0. The second-order valence-corrected chi connectivity index (χ2v) is 1.90. The maximum Gasteiger partial charge on any atom is 0.219 e. The van der Waals surface area contributed by atoms with Crippen LogP contribution < -0.4 is 0 Å². The maximum atomic E-state index is 10.5. The summed E-state index contributed by atoms with van der Waals surface area (Å²) in [6.45, 7) is 2.29. The lowest BCUT2D eigenvalue weighted by atomic mass is 10.5. The van der Waals surface area contributed by atoms with Crippen molar-refractivity contribution in [2.24, 2.45) is 5.11 Å². The van der Waals surface area contributed by atoms with Gasteiger partial charge in [0.1, 0.15) is 0 Å². The molecule has 0 aliphatic heterocycles. The van der Waals surface area contributed by atoms with Crippen LogP contribution in [0.1, 0.15) is 6.92 Å². The smallest absolute Gasteiger partial charge is 0.219 e. The number of hydrogen-bond acceptors (Lipinski definition) is 2. The molecule has 0 heterocycles. The molecule has 0 radical (unpaired) electrons. The van der Waals surface area contributed by atoms with Crippen LogP contribution >= 0.6 is 0 Å². The van der Waals surface area contributed by atoms with Crippen molar-refractivity contribution >= 4 is 5.91 Å². The van der Waals surface area contributed by atoms with E-state index >= 15 is 0 Å². The van der Waals surface area contributed by atoms with Gasteiger partial charge >= 0.3 is 0 Å². The lowest BCUT2D eigenvalue weighted by Gasteiger charge is -2.11. The first kappa shape index (κ1) is 8.78. The van der Waals surface area contributed by atoms with E-state index in [1.807, 2.05) is 0 Å². The molecule has 0 aromatic carbocycles. The van der Waals surface area contributed by atoms with Gasteiger partial charge in [-0.05, 0) is 5.53 Å². The van der Waals surface area contributed by atoms with E-state index in [1.165, 1.54) is 11.8 Å². The van der Waals surface area contributed by atoms with Crippen LogP contribution in [0.2, 0.25) is 0 Å². The fraction of sp³-hybridized carbons (Fsp3) is 0.800. The highest BCUT2D eigenvalue weighted by molar-refractivity contribution is 5.72. The maximum absolute atomic E-state index is 10.5. The third kappa shape index (κ3) is 3.74. The van der Waals surface area contributed by atoms with Gasteiger partial charge in [-0.3, -0.25) is 4.79 Å². The van der Waals surface area contributed by atoms with E-state index in [0.29, 0.717) is 13.1 Å². The first-order valence-electron chi connectivity index (χ1n) is 2.91. The quantitative estimate of drug-likeness (QED) is 0.326. The van der Waals surface area contributed by atoms with Crippen LogP contribution in [0.3, 0.4) is 0 Å². The molecule has 0 unspecified atom stereocenters. The molecule has 0 aliphatic rings. The van der Waals surface area contributed by atoms with Crippen molar-refractivity contribution < 1.29 is 4.79 Å². The number of carbonyl (C=O) groups is 1. The Morgan fingerprint density at radius 2 is 2.40 bits per heavy atom. The highest BCUT2D eigenvalue weighted by Crippen LogP contribution is 1.82. The number of azide groups is 1. The molecule has 0 aromatic heterocycles. The van der Waals surface area contributed by atoms with Crippen LogP contribution in [-0.4, -0.2) is 30.9 Å². The van der Waals surface area contributed by atoms with E-state index in [2.05, 4.69) is 10.0 Å². The molecule has 0 saturated heterocycles. The highest BCUT2D eigenvalue weighted by atomic mass is 16.2. The van der Waals surface area contributed by atoms with Gasteiger partial charge in [0.05, 0.1) is 0 Å². The van der Waals surface area contributed by atoms with Crippen molar-refractivity contribution in [2.45, 2.75) is 6.92 Å². The third-order valence-corrected chi connectivity index (χ3v) is 1.14. The summed E-state index contributed by atoms with van der Waals surface area (Å²) in [6, 6.07) is 0. The molecule has 0 atom stereocenters. The highest BCUT2D eigenvalue weighted by Gasteiger charge is 1.98. The standard InChI is InChI=1S/C5H10N4O/c1-5(10)9(2)4-3-7-8-6/h3-4H2,1-2H3. The lowest BCUT2D eigenvalue weighted by molar-refractivity contribution is -0.127. The van der Waals surface area contributed by atoms with Gasteiger partial charge < -0.3 is 4.90 Å². The average molecular weight is 142 g/mol. The van der Waals surface area contributed by atoms with Gasteiger partial charge in [0.25, 0.3) is 0 Å². The van der Waals surface area contributed by atoms with Crippen LogP contribution in [0, 0.1) is 0 Å². The van der Waals surface area contributed by atoms with Gasteiger partial charge in [0.15, 0.2) is 0 Å².